The van der Waals surface area contributed by atoms with Crippen LogP contribution in [0.25, 0.3) is 0 Å². The maximum absolute atomic E-state index is 5.95. The molecule has 1 saturated heterocycles. The maximum Gasteiger partial charge on any atom is 0.0587 e. The lowest BCUT2D eigenvalue weighted by Gasteiger charge is -2.41. The van der Waals surface area contributed by atoms with Crippen LogP contribution in [0.2, 0.25) is 0 Å². The van der Waals surface area contributed by atoms with Crippen molar-refractivity contribution in [3.8, 4) is 0 Å². The Morgan fingerprint density at radius 3 is 2.37 bits per heavy atom. The Hall–Kier alpha value is -0.420. The van der Waals surface area contributed by atoms with E-state index >= 15 is 0 Å². The van der Waals surface area contributed by atoms with E-state index in [1.54, 1.807) is 0 Å². The first-order valence-corrected chi connectivity index (χ1v) is 7.91. The van der Waals surface area contributed by atoms with Gasteiger partial charge in [0.1, 0.15) is 0 Å². The van der Waals surface area contributed by atoms with E-state index in [1.807, 2.05) is 0 Å². The van der Waals surface area contributed by atoms with Crippen molar-refractivity contribution in [2.24, 2.45) is 5.73 Å². The maximum atomic E-state index is 5.95. The molecule has 0 amide bonds. The van der Waals surface area contributed by atoms with Crippen molar-refractivity contribution in [2.45, 2.75) is 51.2 Å². The second kappa shape index (κ2) is 6.84. The third kappa shape index (κ3) is 3.78. The molecule has 3 atom stereocenters. The lowest BCUT2D eigenvalue weighted by molar-refractivity contribution is 0.0304. The highest BCUT2D eigenvalue weighted by atomic mass is 79.9. The second-order valence-corrected chi connectivity index (χ2v) is 6.42. The van der Waals surface area contributed by atoms with Crippen molar-refractivity contribution in [3.63, 3.8) is 0 Å². The molecule has 0 bridgehead atoms. The van der Waals surface area contributed by atoms with E-state index in [0.717, 1.165) is 4.47 Å². The van der Waals surface area contributed by atoms with Crippen LogP contribution in [0.15, 0.2) is 28.7 Å². The number of piperidine rings is 1. The third-order valence-electron chi connectivity index (χ3n) is 4.01. The fourth-order valence-corrected chi connectivity index (χ4v) is 3.08. The number of hydrazine groups is 1. The number of hydrogen-bond acceptors (Lipinski definition) is 3. The minimum Gasteiger partial charge on any atom is -0.329 e. The van der Waals surface area contributed by atoms with E-state index < -0.39 is 0 Å². The predicted molar refractivity (Wildman–Crippen MR) is 83.7 cm³/mol. The van der Waals surface area contributed by atoms with Gasteiger partial charge in [0.15, 0.2) is 0 Å². The highest BCUT2D eigenvalue weighted by molar-refractivity contribution is 9.10. The summed E-state index contributed by atoms with van der Waals surface area (Å²) in [6.45, 7) is 5.19. The average Bonchev–Trinajstić information content (AvgIpc) is 2.40. The monoisotopic (exact) mass is 325 g/mol. The van der Waals surface area contributed by atoms with Gasteiger partial charge in [-0.25, -0.2) is 10.4 Å². The first kappa shape index (κ1) is 15.0. The molecule has 0 aromatic heterocycles. The summed E-state index contributed by atoms with van der Waals surface area (Å²) >= 11 is 3.47. The van der Waals surface area contributed by atoms with Crippen LogP contribution in [-0.4, -0.2) is 23.6 Å². The van der Waals surface area contributed by atoms with E-state index in [0.29, 0.717) is 18.6 Å². The molecule has 1 heterocycles. The average molecular weight is 326 g/mol. The summed E-state index contributed by atoms with van der Waals surface area (Å²) in [4.78, 5) is 0. The van der Waals surface area contributed by atoms with Crippen LogP contribution in [0.4, 0.5) is 0 Å². The molecule has 3 unspecified atom stereocenters. The molecule has 0 aliphatic carbocycles. The fourth-order valence-electron chi connectivity index (χ4n) is 2.81. The zero-order valence-electron chi connectivity index (χ0n) is 11.8. The largest absolute Gasteiger partial charge is 0.329 e. The minimum atomic E-state index is 0.191. The molecule has 2 rings (SSSR count). The zero-order chi connectivity index (χ0) is 13.8. The fraction of sp³-hybridized carbons (Fsp3) is 0.600. The number of benzene rings is 1. The molecule has 1 aliphatic heterocycles. The zero-order valence-corrected chi connectivity index (χ0v) is 13.4. The van der Waals surface area contributed by atoms with E-state index in [-0.39, 0.29) is 6.04 Å². The molecular formula is C15H24BrN3. The van der Waals surface area contributed by atoms with Crippen molar-refractivity contribution in [1.29, 1.82) is 0 Å². The molecular weight excluding hydrogens is 302 g/mol. The van der Waals surface area contributed by atoms with Gasteiger partial charge >= 0.3 is 0 Å². The molecule has 19 heavy (non-hydrogen) atoms. The van der Waals surface area contributed by atoms with Crippen LogP contribution in [0.5, 0.6) is 0 Å². The third-order valence-corrected chi connectivity index (χ3v) is 4.54. The molecule has 3 N–H and O–H groups in total. The van der Waals surface area contributed by atoms with Gasteiger partial charge in [0.2, 0.25) is 0 Å². The smallest absolute Gasteiger partial charge is 0.0587 e. The lowest BCUT2D eigenvalue weighted by Crippen LogP contribution is -2.54. The Bertz CT molecular complexity index is 383. The standard InChI is InChI=1S/C15H24BrN3/c1-11-4-3-5-12(2)19(11)18-15(10-17)13-6-8-14(16)9-7-13/h6-9,11-12,15,18H,3-5,10,17H2,1-2H3. The second-order valence-electron chi connectivity index (χ2n) is 5.51. The van der Waals surface area contributed by atoms with Crippen LogP contribution < -0.4 is 11.2 Å². The van der Waals surface area contributed by atoms with Crippen molar-refractivity contribution >= 4 is 15.9 Å². The van der Waals surface area contributed by atoms with Gasteiger partial charge < -0.3 is 5.73 Å². The first-order chi connectivity index (χ1) is 9.11. The number of rotatable bonds is 4. The highest BCUT2D eigenvalue weighted by Gasteiger charge is 2.26. The van der Waals surface area contributed by atoms with E-state index in [1.165, 1.54) is 24.8 Å². The highest BCUT2D eigenvalue weighted by Crippen LogP contribution is 2.23. The van der Waals surface area contributed by atoms with E-state index in [2.05, 4.69) is 64.5 Å². The quantitative estimate of drug-likeness (QED) is 0.893. The van der Waals surface area contributed by atoms with Gasteiger partial charge in [-0.2, -0.15) is 0 Å². The molecule has 0 radical (unpaired) electrons. The van der Waals surface area contributed by atoms with Gasteiger partial charge in [-0.1, -0.05) is 34.5 Å². The van der Waals surface area contributed by atoms with Crippen LogP contribution >= 0.6 is 15.9 Å². The summed E-state index contributed by atoms with van der Waals surface area (Å²) in [7, 11) is 0. The number of halogens is 1. The molecule has 106 valence electrons. The number of nitrogens with two attached hydrogens (primary N) is 1. The molecule has 4 heteroatoms. The normalized spacial score (nSPS) is 26.3. The Morgan fingerprint density at radius 2 is 1.84 bits per heavy atom. The summed E-state index contributed by atoms with van der Waals surface area (Å²) in [5.74, 6) is 0. The Kier molecular flexibility index (Phi) is 5.39. The molecule has 1 aromatic carbocycles. The van der Waals surface area contributed by atoms with Crippen molar-refractivity contribution in [1.82, 2.24) is 10.4 Å². The van der Waals surface area contributed by atoms with Gasteiger partial charge in [0, 0.05) is 23.1 Å². The van der Waals surface area contributed by atoms with Crippen LogP contribution in [-0.2, 0) is 0 Å². The SMILES string of the molecule is CC1CCCC(C)N1NC(CN)c1ccc(Br)cc1. The van der Waals surface area contributed by atoms with E-state index in [4.69, 9.17) is 5.73 Å². The number of nitrogens with zero attached hydrogens (tertiary/aromatic N) is 1. The van der Waals surface area contributed by atoms with Crippen LogP contribution in [0, 0.1) is 0 Å². The summed E-state index contributed by atoms with van der Waals surface area (Å²) in [5.41, 5.74) is 10.8. The van der Waals surface area contributed by atoms with Gasteiger partial charge in [-0.05, 0) is 44.4 Å². The molecule has 1 fully saturated rings. The van der Waals surface area contributed by atoms with Crippen LogP contribution in [0.3, 0.4) is 0 Å². The molecule has 0 spiro atoms. The number of nitrogens with one attached hydrogen (secondary N) is 1. The van der Waals surface area contributed by atoms with Crippen LogP contribution in [0.1, 0.15) is 44.7 Å². The molecule has 1 aliphatic rings. The van der Waals surface area contributed by atoms with Gasteiger partial charge in [0.25, 0.3) is 0 Å². The summed E-state index contributed by atoms with van der Waals surface area (Å²) in [5, 5.41) is 2.39. The van der Waals surface area contributed by atoms with Gasteiger partial charge in [-0.15, -0.1) is 0 Å². The lowest BCUT2D eigenvalue weighted by atomic mass is 9.99. The topological polar surface area (TPSA) is 41.3 Å². The van der Waals surface area contributed by atoms with Crippen molar-refractivity contribution in [2.75, 3.05) is 6.54 Å². The number of hydrogen-bond donors (Lipinski definition) is 2. The first-order valence-electron chi connectivity index (χ1n) is 7.12. The Labute approximate surface area is 124 Å². The summed E-state index contributed by atoms with van der Waals surface area (Å²) in [6.07, 6.45) is 3.84. The predicted octanol–water partition coefficient (Wildman–Crippen LogP) is 3.22. The Morgan fingerprint density at radius 1 is 1.26 bits per heavy atom. The van der Waals surface area contributed by atoms with Gasteiger partial charge in [0.05, 0.1) is 6.04 Å². The van der Waals surface area contributed by atoms with Crippen molar-refractivity contribution in [3.05, 3.63) is 34.3 Å². The van der Waals surface area contributed by atoms with E-state index in [9.17, 15) is 0 Å². The summed E-state index contributed by atoms with van der Waals surface area (Å²) < 4.78 is 1.10. The summed E-state index contributed by atoms with van der Waals surface area (Å²) in [6, 6.07) is 9.75. The molecule has 0 saturated carbocycles. The van der Waals surface area contributed by atoms with Crippen molar-refractivity contribution < 1.29 is 0 Å². The molecule has 1 aromatic rings. The minimum absolute atomic E-state index is 0.191. The Balaban J connectivity index is 2.07. The molecule has 3 nitrogen and oxygen atoms in total. The van der Waals surface area contributed by atoms with Gasteiger partial charge in [-0.3, -0.25) is 0 Å².